The van der Waals surface area contributed by atoms with Gasteiger partial charge in [-0.2, -0.15) is 0 Å². The Morgan fingerprint density at radius 2 is 1.32 bits per heavy atom. The molecule has 0 aromatic heterocycles. The molecule has 2 aromatic carbocycles. The van der Waals surface area contributed by atoms with Crippen LogP contribution in [0.15, 0.2) is 60.7 Å². The Morgan fingerprint density at radius 3 is 1.74 bits per heavy atom. The zero-order chi connectivity index (χ0) is 13.1. The minimum absolute atomic E-state index is 0.471. The molecule has 0 heterocycles. The molecule has 0 amide bonds. The van der Waals surface area contributed by atoms with Crippen LogP contribution in [-0.4, -0.2) is 5.11 Å². The van der Waals surface area contributed by atoms with Crippen molar-refractivity contribution in [2.45, 2.75) is 18.4 Å². The van der Waals surface area contributed by atoms with E-state index in [1.165, 1.54) is 0 Å². The smallest absolute Gasteiger partial charge is 0.176 e. The van der Waals surface area contributed by atoms with Gasteiger partial charge in [0.25, 0.3) is 0 Å². The lowest BCUT2D eigenvalue weighted by molar-refractivity contribution is 0.145. The molecule has 1 saturated carbocycles. The van der Waals surface area contributed by atoms with E-state index in [0.717, 1.165) is 24.0 Å². The van der Waals surface area contributed by atoms with E-state index in [1.807, 2.05) is 60.7 Å². The molecule has 0 aliphatic heterocycles. The van der Waals surface area contributed by atoms with E-state index in [1.54, 1.807) is 0 Å². The van der Waals surface area contributed by atoms with Crippen LogP contribution in [-0.2, 0) is 5.60 Å². The first-order chi connectivity index (χ1) is 9.29. The van der Waals surface area contributed by atoms with E-state index in [-0.39, 0.29) is 0 Å². The second-order valence-corrected chi connectivity index (χ2v) is 4.99. The van der Waals surface area contributed by atoms with Crippen molar-refractivity contribution in [1.82, 2.24) is 0 Å². The number of aliphatic hydroxyl groups is 1. The molecule has 0 spiro atoms. The van der Waals surface area contributed by atoms with Crippen molar-refractivity contribution >= 4 is 0 Å². The third kappa shape index (κ3) is 2.54. The summed E-state index contributed by atoms with van der Waals surface area (Å²) in [5.74, 6) is 6.76. The third-order valence-corrected chi connectivity index (χ3v) is 3.42. The Labute approximate surface area is 113 Å². The number of hydrogen-bond acceptors (Lipinski definition) is 1. The summed E-state index contributed by atoms with van der Waals surface area (Å²) >= 11 is 0. The second-order valence-electron chi connectivity index (χ2n) is 4.99. The molecule has 0 atom stereocenters. The highest BCUT2D eigenvalue weighted by molar-refractivity contribution is 5.44. The topological polar surface area (TPSA) is 20.2 Å². The zero-order valence-corrected chi connectivity index (χ0v) is 10.7. The van der Waals surface area contributed by atoms with Gasteiger partial charge in [-0.05, 0) is 12.8 Å². The van der Waals surface area contributed by atoms with E-state index >= 15 is 0 Å². The minimum atomic E-state index is -1.20. The largest absolute Gasteiger partial charge is 0.369 e. The molecule has 0 radical (unpaired) electrons. The standard InChI is InChI=1S/C18H16O/c19-18(14-13-15-11-12-15,16-7-3-1-4-8-16)17-9-5-2-6-10-17/h1-10,15,19H,11-12H2. The summed E-state index contributed by atoms with van der Waals surface area (Å²) in [6.45, 7) is 0. The van der Waals surface area contributed by atoms with Crippen LogP contribution in [0.5, 0.6) is 0 Å². The predicted octanol–water partition coefficient (Wildman–Crippen LogP) is 3.34. The van der Waals surface area contributed by atoms with E-state index in [4.69, 9.17) is 0 Å². The molecule has 0 bridgehead atoms. The molecule has 19 heavy (non-hydrogen) atoms. The quantitative estimate of drug-likeness (QED) is 0.808. The van der Waals surface area contributed by atoms with Crippen LogP contribution in [0.25, 0.3) is 0 Å². The average molecular weight is 248 g/mol. The van der Waals surface area contributed by atoms with Gasteiger partial charge in [0.15, 0.2) is 5.60 Å². The van der Waals surface area contributed by atoms with Crippen molar-refractivity contribution in [2.24, 2.45) is 5.92 Å². The van der Waals surface area contributed by atoms with Crippen molar-refractivity contribution in [3.8, 4) is 11.8 Å². The summed E-state index contributed by atoms with van der Waals surface area (Å²) in [6.07, 6.45) is 2.32. The highest BCUT2D eigenvalue weighted by Gasteiger charge is 2.30. The molecule has 1 aliphatic rings. The lowest BCUT2D eigenvalue weighted by Gasteiger charge is -2.23. The van der Waals surface area contributed by atoms with Crippen LogP contribution >= 0.6 is 0 Å². The van der Waals surface area contributed by atoms with Crippen molar-refractivity contribution in [2.75, 3.05) is 0 Å². The summed E-state index contributed by atoms with van der Waals surface area (Å²) in [7, 11) is 0. The predicted molar refractivity (Wildman–Crippen MR) is 76.4 cm³/mol. The summed E-state index contributed by atoms with van der Waals surface area (Å²) in [5.41, 5.74) is 0.453. The van der Waals surface area contributed by atoms with Gasteiger partial charge in [-0.3, -0.25) is 0 Å². The van der Waals surface area contributed by atoms with Crippen LogP contribution in [0.2, 0.25) is 0 Å². The summed E-state index contributed by atoms with van der Waals surface area (Å²) in [5, 5.41) is 11.1. The molecule has 1 heteroatoms. The summed E-state index contributed by atoms with van der Waals surface area (Å²) in [6, 6.07) is 19.3. The summed E-state index contributed by atoms with van der Waals surface area (Å²) in [4.78, 5) is 0. The monoisotopic (exact) mass is 248 g/mol. The van der Waals surface area contributed by atoms with Gasteiger partial charge in [-0.15, -0.1) is 0 Å². The first kappa shape index (κ1) is 12.0. The van der Waals surface area contributed by atoms with E-state index < -0.39 is 5.60 Å². The van der Waals surface area contributed by atoms with Gasteiger partial charge in [0.05, 0.1) is 0 Å². The van der Waals surface area contributed by atoms with Crippen LogP contribution in [0.3, 0.4) is 0 Å². The first-order valence-corrected chi connectivity index (χ1v) is 6.65. The van der Waals surface area contributed by atoms with E-state index in [2.05, 4.69) is 11.8 Å². The molecule has 94 valence electrons. The fourth-order valence-corrected chi connectivity index (χ4v) is 2.10. The van der Waals surface area contributed by atoms with Gasteiger partial charge in [-0.1, -0.05) is 72.5 Å². The maximum absolute atomic E-state index is 11.1. The highest BCUT2D eigenvalue weighted by Crippen LogP contribution is 2.32. The normalized spacial score (nSPS) is 14.6. The molecule has 2 aromatic rings. The van der Waals surface area contributed by atoms with Gasteiger partial charge in [0.2, 0.25) is 0 Å². The van der Waals surface area contributed by atoms with Crippen molar-refractivity contribution in [1.29, 1.82) is 0 Å². The zero-order valence-electron chi connectivity index (χ0n) is 10.7. The molecule has 1 N–H and O–H groups in total. The van der Waals surface area contributed by atoms with Gasteiger partial charge in [0.1, 0.15) is 0 Å². The molecule has 1 nitrogen and oxygen atoms in total. The van der Waals surface area contributed by atoms with Crippen LogP contribution in [0.4, 0.5) is 0 Å². The fraction of sp³-hybridized carbons (Fsp3) is 0.222. The highest BCUT2D eigenvalue weighted by atomic mass is 16.3. The van der Waals surface area contributed by atoms with Gasteiger partial charge in [0, 0.05) is 17.0 Å². The molecular formula is C18H16O. The number of benzene rings is 2. The lowest BCUT2D eigenvalue weighted by atomic mass is 9.87. The SMILES string of the molecule is OC(C#CC1CC1)(c1ccccc1)c1ccccc1. The van der Waals surface area contributed by atoms with E-state index in [0.29, 0.717) is 5.92 Å². The van der Waals surface area contributed by atoms with Crippen LogP contribution in [0, 0.1) is 17.8 Å². The Bertz CT molecular complexity index is 561. The fourth-order valence-electron chi connectivity index (χ4n) is 2.10. The lowest BCUT2D eigenvalue weighted by Crippen LogP contribution is -2.25. The maximum Gasteiger partial charge on any atom is 0.176 e. The molecular weight excluding hydrogens is 232 g/mol. The Hall–Kier alpha value is -2.04. The minimum Gasteiger partial charge on any atom is -0.369 e. The molecule has 1 fully saturated rings. The average Bonchev–Trinajstić information content (AvgIpc) is 3.31. The summed E-state index contributed by atoms with van der Waals surface area (Å²) < 4.78 is 0. The van der Waals surface area contributed by atoms with Crippen molar-refractivity contribution < 1.29 is 5.11 Å². The van der Waals surface area contributed by atoms with Crippen LogP contribution in [0.1, 0.15) is 24.0 Å². The van der Waals surface area contributed by atoms with Gasteiger partial charge < -0.3 is 5.11 Å². The Morgan fingerprint density at radius 1 is 0.842 bits per heavy atom. The Kier molecular flexibility index (Phi) is 3.11. The molecule has 3 rings (SSSR count). The first-order valence-electron chi connectivity index (χ1n) is 6.65. The number of hydrogen-bond donors (Lipinski definition) is 1. The van der Waals surface area contributed by atoms with E-state index in [9.17, 15) is 5.11 Å². The molecule has 0 unspecified atom stereocenters. The van der Waals surface area contributed by atoms with Crippen molar-refractivity contribution in [3.63, 3.8) is 0 Å². The maximum atomic E-state index is 11.1. The molecule has 0 saturated heterocycles. The second kappa shape index (κ2) is 4.91. The van der Waals surface area contributed by atoms with Crippen molar-refractivity contribution in [3.05, 3.63) is 71.8 Å². The third-order valence-electron chi connectivity index (χ3n) is 3.42. The number of rotatable bonds is 2. The molecule has 1 aliphatic carbocycles. The Balaban J connectivity index is 2.08. The van der Waals surface area contributed by atoms with Crippen LogP contribution < -0.4 is 0 Å². The van der Waals surface area contributed by atoms with Gasteiger partial charge >= 0.3 is 0 Å². The van der Waals surface area contributed by atoms with Gasteiger partial charge in [-0.25, -0.2) is 0 Å².